The Hall–Kier alpha value is -0.800. The van der Waals surface area contributed by atoms with Gasteiger partial charge in [-0.2, -0.15) is 0 Å². The van der Waals surface area contributed by atoms with Crippen molar-refractivity contribution in [2.24, 2.45) is 0 Å². The van der Waals surface area contributed by atoms with Crippen molar-refractivity contribution in [2.75, 3.05) is 5.73 Å². The van der Waals surface area contributed by atoms with Crippen molar-refractivity contribution in [2.45, 2.75) is 19.5 Å². The van der Waals surface area contributed by atoms with E-state index in [-0.39, 0.29) is 12.4 Å². The smallest absolute Gasteiger partial charge is 0.0616 e. The summed E-state index contributed by atoms with van der Waals surface area (Å²) < 4.78 is 0. The molecule has 2 rings (SSSR count). The van der Waals surface area contributed by atoms with E-state index in [0.717, 1.165) is 17.9 Å². The van der Waals surface area contributed by atoms with Crippen LogP contribution in [0.15, 0.2) is 12.3 Å². The van der Waals surface area contributed by atoms with Crippen molar-refractivity contribution in [3.63, 3.8) is 0 Å². The molecule has 0 bridgehead atoms. The fourth-order valence-electron chi connectivity index (χ4n) is 1.43. The normalized spacial score (nSPS) is 19.9. The monoisotopic (exact) mass is 185 g/mol. The number of hydrogen-bond acceptors (Lipinski definition) is 3. The number of nitrogens with two attached hydrogens (primary N) is 1. The van der Waals surface area contributed by atoms with Gasteiger partial charge in [-0.15, -0.1) is 12.4 Å². The number of nitrogen functional groups attached to an aromatic ring is 1. The third kappa shape index (κ3) is 1.38. The summed E-state index contributed by atoms with van der Waals surface area (Å²) in [5, 5.41) is 3.29. The summed E-state index contributed by atoms with van der Waals surface area (Å²) in [4.78, 5) is 4.25. The standard InChI is InChI=1S/C8H11N3.ClH/c1-5-8-6(3-10-5)2-7(9)4-11-8;/h2,4-5,10H,3,9H2,1H3;1H. The minimum absolute atomic E-state index is 0. The number of hydrogen-bond donors (Lipinski definition) is 2. The molecule has 0 saturated carbocycles. The Bertz CT molecular complexity index is 288. The van der Waals surface area contributed by atoms with Gasteiger partial charge in [0.15, 0.2) is 0 Å². The number of aromatic nitrogens is 1. The van der Waals surface area contributed by atoms with Crippen LogP contribution in [-0.4, -0.2) is 4.98 Å². The quantitative estimate of drug-likeness (QED) is 0.640. The van der Waals surface area contributed by atoms with E-state index in [0.29, 0.717) is 6.04 Å². The Morgan fingerprint density at radius 3 is 3.17 bits per heavy atom. The lowest BCUT2D eigenvalue weighted by Gasteiger charge is -2.01. The molecular formula is C8H12ClN3. The highest BCUT2D eigenvalue weighted by molar-refractivity contribution is 5.85. The second-order valence-electron chi connectivity index (χ2n) is 2.92. The molecule has 0 saturated heterocycles. The molecule has 66 valence electrons. The van der Waals surface area contributed by atoms with Gasteiger partial charge in [0.25, 0.3) is 0 Å². The van der Waals surface area contributed by atoms with Gasteiger partial charge < -0.3 is 11.1 Å². The molecule has 2 heterocycles. The predicted octanol–water partition coefficient (Wildman–Crippen LogP) is 1.25. The van der Waals surface area contributed by atoms with Gasteiger partial charge in [-0.1, -0.05) is 0 Å². The fourth-order valence-corrected chi connectivity index (χ4v) is 1.43. The Morgan fingerprint density at radius 2 is 2.42 bits per heavy atom. The molecule has 1 unspecified atom stereocenters. The minimum atomic E-state index is 0. The van der Waals surface area contributed by atoms with Crippen molar-refractivity contribution in [1.29, 1.82) is 0 Å². The zero-order chi connectivity index (χ0) is 7.84. The van der Waals surface area contributed by atoms with Crippen molar-refractivity contribution < 1.29 is 0 Å². The summed E-state index contributed by atoms with van der Waals surface area (Å²) in [5.41, 5.74) is 8.71. The van der Waals surface area contributed by atoms with Crippen LogP contribution in [0.4, 0.5) is 5.69 Å². The Balaban J connectivity index is 0.000000720. The summed E-state index contributed by atoms with van der Waals surface area (Å²) in [6.45, 7) is 3.00. The van der Waals surface area contributed by atoms with Crippen LogP contribution in [0.2, 0.25) is 0 Å². The van der Waals surface area contributed by atoms with Crippen molar-refractivity contribution in [1.82, 2.24) is 10.3 Å². The second-order valence-corrected chi connectivity index (χ2v) is 2.92. The molecule has 3 N–H and O–H groups in total. The van der Waals surface area contributed by atoms with Gasteiger partial charge in [0.2, 0.25) is 0 Å². The average Bonchev–Trinajstić information content (AvgIpc) is 2.32. The number of rotatable bonds is 0. The maximum absolute atomic E-state index is 5.59. The molecule has 1 atom stereocenters. The summed E-state index contributed by atoms with van der Waals surface area (Å²) in [6.07, 6.45) is 1.71. The number of nitrogens with one attached hydrogen (secondary N) is 1. The van der Waals surface area contributed by atoms with Gasteiger partial charge >= 0.3 is 0 Å². The molecule has 1 aromatic rings. The molecule has 1 aliphatic heterocycles. The van der Waals surface area contributed by atoms with E-state index >= 15 is 0 Å². The van der Waals surface area contributed by atoms with Crippen LogP contribution in [0.3, 0.4) is 0 Å². The Labute approximate surface area is 77.8 Å². The molecule has 0 aliphatic carbocycles. The SMILES string of the molecule is CC1NCc2cc(N)cnc21.Cl. The van der Waals surface area contributed by atoms with E-state index in [1.54, 1.807) is 6.20 Å². The average molecular weight is 186 g/mol. The summed E-state index contributed by atoms with van der Waals surface area (Å²) in [5.74, 6) is 0. The van der Waals surface area contributed by atoms with Gasteiger partial charge in [0.05, 0.1) is 17.6 Å². The topological polar surface area (TPSA) is 50.9 Å². The third-order valence-electron chi connectivity index (χ3n) is 2.03. The molecule has 0 radical (unpaired) electrons. The molecule has 3 nitrogen and oxygen atoms in total. The molecule has 12 heavy (non-hydrogen) atoms. The number of halogens is 1. The van der Waals surface area contributed by atoms with Gasteiger partial charge in [-0.05, 0) is 18.6 Å². The molecule has 1 aliphatic rings. The van der Waals surface area contributed by atoms with Gasteiger partial charge in [-0.25, -0.2) is 0 Å². The lowest BCUT2D eigenvalue weighted by molar-refractivity contribution is 0.623. The molecule has 1 aromatic heterocycles. The van der Waals surface area contributed by atoms with Crippen molar-refractivity contribution in [3.05, 3.63) is 23.5 Å². The van der Waals surface area contributed by atoms with E-state index < -0.39 is 0 Å². The van der Waals surface area contributed by atoms with Crippen LogP contribution in [0.25, 0.3) is 0 Å². The van der Waals surface area contributed by atoms with Crippen LogP contribution in [-0.2, 0) is 6.54 Å². The first kappa shape index (κ1) is 9.29. The lowest BCUT2D eigenvalue weighted by Crippen LogP contribution is -2.07. The highest BCUT2D eigenvalue weighted by Gasteiger charge is 2.18. The first-order chi connectivity index (χ1) is 5.27. The van der Waals surface area contributed by atoms with Crippen LogP contribution in [0, 0.1) is 0 Å². The van der Waals surface area contributed by atoms with E-state index in [1.807, 2.05) is 6.07 Å². The Kier molecular flexibility index (Phi) is 2.55. The van der Waals surface area contributed by atoms with Crippen LogP contribution in [0.5, 0.6) is 0 Å². The van der Waals surface area contributed by atoms with Crippen LogP contribution in [0.1, 0.15) is 24.2 Å². The first-order valence-electron chi connectivity index (χ1n) is 3.75. The van der Waals surface area contributed by atoms with Crippen molar-refractivity contribution >= 4 is 18.1 Å². The van der Waals surface area contributed by atoms with E-state index in [2.05, 4.69) is 17.2 Å². The summed E-state index contributed by atoms with van der Waals surface area (Å²) in [7, 11) is 0. The zero-order valence-electron chi connectivity index (χ0n) is 6.87. The van der Waals surface area contributed by atoms with E-state index in [9.17, 15) is 0 Å². The second kappa shape index (κ2) is 3.29. The molecule has 0 spiro atoms. The van der Waals surface area contributed by atoms with E-state index in [4.69, 9.17) is 5.73 Å². The predicted molar refractivity (Wildman–Crippen MR) is 51.2 cm³/mol. The molecular weight excluding hydrogens is 174 g/mol. The maximum atomic E-state index is 5.59. The summed E-state index contributed by atoms with van der Waals surface area (Å²) >= 11 is 0. The highest BCUT2D eigenvalue weighted by atomic mass is 35.5. The van der Waals surface area contributed by atoms with Gasteiger partial charge in [-0.3, -0.25) is 4.98 Å². The number of pyridine rings is 1. The molecule has 0 fully saturated rings. The fraction of sp³-hybridized carbons (Fsp3) is 0.375. The third-order valence-corrected chi connectivity index (χ3v) is 2.03. The highest BCUT2D eigenvalue weighted by Crippen LogP contribution is 2.23. The zero-order valence-corrected chi connectivity index (χ0v) is 7.69. The largest absolute Gasteiger partial charge is 0.397 e. The van der Waals surface area contributed by atoms with Gasteiger partial charge in [0, 0.05) is 12.6 Å². The van der Waals surface area contributed by atoms with Gasteiger partial charge in [0.1, 0.15) is 0 Å². The Morgan fingerprint density at radius 1 is 1.67 bits per heavy atom. The van der Waals surface area contributed by atoms with Crippen LogP contribution < -0.4 is 11.1 Å². The van der Waals surface area contributed by atoms with Crippen LogP contribution >= 0.6 is 12.4 Å². The minimum Gasteiger partial charge on any atom is -0.397 e. The summed E-state index contributed by atoms with van der Waals surface area (Å²) in [6, 6.07) is 2.37. The molecule has 4 heteroatoms. The molecule has 0 amide bonds. The number of fused-ring (bicyclic) bond motifs is 1. The number of nitrogens with zero attached hydrogens (tertiary/aromatic N) is 1. The lowest BCUT2D eigenvalue weighted by atomic mass is 10.2. The van der Waals surface area contributed by atoms with Crippen molar-refractivity contribution in [3.8, 4) is 0 Å². The maximum Gasteiger partial charge on any atom is 0.0616 e. The van der Waals surface area contributed by atoms with E-state index in [1.165, 1.54) is 5.56 Å². The first-order valence-corrected chi connectivity index (χ1v) is 3.75. The number of anilines is 1. The molecule has 0 aromatic carbocycles.